The van der Waals surface area contributed by atoms with Crippen molar-refractivity contribution < 1.29 is 0 Å². The van der Waals surface area contributed by atoms with Crippen molar-refractivity contribution in [3.8, 4) is 6.07 Å². The molecule has 16 heavy (non-hydrogen) atoms. The molecule has 0 aromatic carbocycles. The fourth-order valence-corrected chi connectivity index (χ4v) is 2.59. The molecule has 0 bridgehead atoms. The molecule has 0 radical (unpaired) electrons. The Morgan fingerprint density at radius 2 is 2.38 bits per heavy atom. The van der Waals surface area contributed by atoms with Gasteiger partial charge in [-0.1, -0.05) is 24.1 Å². The summed E-state index contributed by atoms with van der Waals surface area (Å²) in [5.74, 6) is 0.479. The molecule has 0 amide bonds. The van der Waals surface area contributed by atoms with Crippen LogP contribution in [-0.2, 0) is 0 Å². The van der Waals surface area contributed by atoms with Crippen LogP contribution in [0.2, 0.25) is 0 Å². The van der Waals surface area contributed by atoms with Gasteiger partial charge in [-0.05, 0) is 24.8 Å². The number of likely N-dealkylation sites (N-methyl/N-ethyl adjacent to an activating group) is 1. The summed E-state index contributed by atoms with van der Waals surface area (Å²) < 4.78 is 0. The molecule has 1 saturated carbocycles. The van der Waals surface area contributed by atoms with Crippen molar-refractivity contribution in [1.29, 1.82) is 5.26 Å². The van der Waals surface area contributed by atoms with Gasteiger partial charge in [0.2, 0.25) is 0 Å². The van der Waals surface area contributed by atoms with Gasteiger partial charge in [-0.3, -0.25) is 0 Å². The molecule has 0 spiro atoms. The van der Waals surface area contributed by atoms with Crippen LogP contribution in [0.25, 0.3) is 0 Å². The summed E-state index contributed by atoms with van der Waals surface area (Å²) in [5, 5.41) is 8.81. The molecule has 1 fully saturated rings. The van der Waals surface area contributed by atoms with Gasteiger partial charge in [0.05, 0.1) is 6.07 Å². The van der Waals surface area contributed by atoms with Crippen LogP contribution in [-0.4, -0.2) is 18.5 Å². The standard InChI is InChI=1S/C14H18N2/c1-16-10-4-6-13(11-16)14-7-3-2-5-12(14)8-9-15/h4,6,8,11,14H,2-3,5,7,10H2,1H3. The molecule has 1 aliphatic carbocycles. The summed E-state index contributed by atoms with van der Waals surface area (Å²) in [4.78, 5) is 2.20. The van der Waals surface area contributed by atoms with E-state index in [1.165, 1.54) is 30.4 Å². The molecule has 2 heteroatoms. The third-order valence-corrected chi connectivity index (χ3v) is 3.38. The average molecular weight is 214 g/mol. The highest BCUT2D eigenvalue weighted by Crippen LogP contribution is 2.35. The highest BCUT2D eigenvalue weighted by molar-refractivity contribution is 5.34. The second-order valence-electron chi connectivity index (χ2n) is 4.62. The van der Waals surface area contributed by atoms with E-state index in [2.05, 4.69) is 36.4 Å². The van der Waals surface area contributed by atoms with Crippen molar-refractivity contribution in [3.05, 3.63) is 35.6 Å². The number of rotatable bonds is 1. The largest absolute Gasteiger partial charge is 0.376 e. The highest BCUT2D eigenvalue weighted by Gasteiger charge is 2.22. The summed E-state index contributed by atoms with van der Waals surface area (Å²) in [6.45, 7) is 0.994. The first-order chi connectivity index (χ1) is 7.81. The fourth-order valence-electron chi connectivity index (χ4n) is 2.59. The zero-order valence-electron chi connectivity index (χ0n) is 9.82. The summed E-state index contributed by atoms with van der Waals surface area (Å²) in [6.07, 6.45) is 13.2. The molecule has 1 aliphatic heterocycles. The van der Waals surface area contributed by atoms with Crippen LogP contribution in [0.4, 0.5) is 0 Å². The van der Waals surface area contributed by atoms with E-state index in [0.29, 0.717) is 5.92 Å². The van der Waals surface area contributed by atoms with Gasteiger partial charge >= 0.3 is 0 Å². The number of nitriles is 1. The first-order valence-electron chi connectivity index (χ1n) is 5.98. The van der Waals surface area contributed by atoms with E-state index in [9.17, 15) is 0 Å². The maximum Gasteiger partial charge on any atom is 0.0911 e. The maximum atomic E-state index is 8.81. The predicted molar refractivity (Wildman–Crippen MR) is 65.5 cm³/mol. The van der Waals surface area contributed by atoms with E-state index in [0.717, 1.165) is 13.0 Å². The number of hydrogen-bond acceptors (Lipinski definition) is 2. The van der Waals surface area contributed by atoms with Crippen LogP contribution in [0.15, 0.2) is 35.6 Å². The lowest BCUT2D eigenvalue weighted by molar-refractivity contribution is 0.464. The third-order valence-electron chi connectivity index (χ3n) is 3.38. The van der Waals surface area contributed by atoms with Crippen LogP contribution >= 0.6 is 0 Å². The maximum absolute atomic E-state index is 8.81. The zero-order chi connectivity index (χ0) is 11.4. The van der Waals surface area contributed by atoms with Crippen LogP contribution in [0.1, 0.15) is 25.7 Å². The van der Waals surface area contributed by atoms with E-state index in [-0.39, 0.29) is 0 Å². The van der Waals surface area contributed by atoms with E-state index < -0.39 is 0 Å². The fraction of sp³-hybridized carbons (Fsp3) is 0.500. The van der Waals surface area contributed by atoms with Crippen molar-refractivity contribution in [2.24, 2.45) is 5.92 Å². The summed E-state index contributed by atoms with van der Waals surface area (Å²) in [6, 6.07) is 2.19. The molecule has 84 valence electrons. The van der Waals surface area contributed by atoms with Gasteiger partial charge in [0, 0.05) is 31.8 Å². The molecule has 1 atom stereocenters. The number of allylic oxidation sites excluding steroid dienone is 4. The van der Waals surface area contributed by atoms with E-state index in [4.69, 9.17) is 5.26 Å². The third kappa shape index (κ3) is 2.36. The monoisotopic (exact) mass is 214 g/mol. The van der Waals surface area contributed by atoms with Gasteiger partial charge < -0.3 is 4.90 Å². The highest BCUT2D eigenvalue weighted by atomic mass is 15.1. The second-order valence-corrected chi connectivity index (χ2v) is 4.62. The molecule has 0 aromatic heterocycles. The van der Waals surface area contributed by atoms with Crippen LogP contribution in [0.5, 0.6) is 0 Å². The summed E-state index contributed by atoms with van der Waals surface area (Å²) in [7, 11) is 2.10. The van der Waals surface area contributed by atoms with Crippen LogP contribution in [0, 0.1) is 17.2 Å². The van der Waals surface area contributed by atoms with Gasteiger partial charge in [0.1, 0.15) is 0 Å². The van der Waals surface area contributed by atoms with Gasteiger partial charge in [0.25, 0.3) is 0 Å². The summed E-state index contributed by atoms with van der Waals surface area (Å²) in [5.41, 5.74) is 2.69. The van der Waals surface area contributed by atoms with Crippen LogP contribution in [0.3, 0.4) is 0 Å². The Labute approximate surface area is 97.6 Å². The van der Waals surface area contributed by atoms with Gasteiger partial charge in [0.15, 0.2) is 0 Å². The topological polar surface area (TPSA) is 27.0 Å². The minimum Gasteiger partial charge on any atom is -0.376 e. The number of hydrogen-bond donors (Lipinski definition) is 0. The lowest BCUT2D eigenvalue weighted by Crippen LogP contribution is -2.19. The quantitative estimate of drug-likeness (QED) is 0.627. The van der Waals surface area contributed by atoms with E-state index in [1.54, 1.807) is 6.08 Å². The predicted octanol–water partition coefficient (Wildman–Crippen LogP) is 3.01. The molecule has 1 heterocycles. The number of nitrogens with zero attached hydrogens (tertiary/aromatic N) is 2. The molecule has 2 aliphatic rings. The minimum absolute atomic E-state index is 0.479. The van der Waals surface area contributed by atoms with E-state index >= 15 is 0 Å². The van der Waals surface area contributed by atoms with Crippen molar-refractivity contribution in [3.63, 3.8) is 0 Å². The van der Waals surface area contributed by atoms with Crippen molar-refractivity contribution in [2.75, 3.05) is 13.6 Å². The van der Waals surface area contributed by atoms with Gasteiger partial charge in [-0.2, -0.15) is 5.26 Å². The smallest absolute Gasteiger partial charge is 0.0911 e. The van der Waals surface area contributed by atoms with Gasteiger partial charge in [-0.25, -0.2) is 0 Å². The Kier molecular flexibility index (Phi) is 3.46. The molecular weight excluding hydrogens is 196 g/mol. The Balaban J connectivity index is 2.21. The zero-order valence-corrected chi connectivity index (χ0v) is 9.82. The molecule has 2 nitrogen and oxygen atoms in total. The Morgan fingerprint density at radius 1 is 1.50 bits per heavy atom. The van der Waals surface area contributed by atoms with Crippen molar-refractivity contribution in [1.82, 2.24) is 4.90 Å². The average Bonchev–Trinajstić information content (AvgIpc) is 2.30. The molecule has 0 saturated heterocycles. The minimum atomic E-state index is 0.479. The lowest BCUT2D eigenvalue weighted by atomic mass is 9.79. The lowest BCUT2D eigenvalue weighted by Gasteiger charge is -2.29. The first-order valence-corrected chi connectivity index (χ1v) is 5.98. The molecule has 1 unspecified atom stereocenters. The SMILES string of the molecule is CN1C=C(C2CCCCC2=CC#N)C=CC1. The van der Waals surface area contributed by atoms with E-state index in [1.807, 2.05) is 0 Å². The summed E-state index contributed by atoms with van der Waals surface area (Å²) >= 11 is 0. The Bertz CT molecular complexity index is 382. The molecular formula is C14H18N2. The normalized spacial score (nSPS) is 27.8. The van der Waals surface area contributed by atoms with Crippen molar-refractivity contribution in [2.45, 2.75) is 25.7 Å². The molecule has 2 rings (SSSR count). The molecule has 0 N–H and O–H groups in total. The Hall–Kier alpha value is -1.49. The molecule has 0 aromatic rings. The Morgan fingerprint density at radius 3 is 3.12 bits per heavy atom. The van der Waals surface area contributed by atoms with Crippen LogP contribution < -0.4 is 0 Å². The van der Waals surface area contributed by atoms with Crippen molar-refractivity contribution >= 4 is 0 Å². The van der Waals surface area contributed by atoms with Gasteiger partial charge in [-0.15, -0.1) is 0 Å². The first kappa shape index (κ1) is 11.0. The second kappa shape index (κ2) is 5.03.